The summed E-state index contributed by atoms with van der Waals surface area (Å²) in [4.78, 5) is 0. The topological polar surface area (TPSA) is 23.8 Å². The fourth-order valence-corrected chi connectivity index (χ4v) is 8.83. The Kier molecular flexibility index (Phi) is 9.87. The predicted molar refractivity (Wildman–Crippen MR) is 124 cm³/mol. The van der Waals surface area contributed by atoms with Crippen LogP contribution in [-0.2, 0) is 17.3 Å². The van der Waals surface area contributed by atoms with Gasteiger partial charge >= 0.3 is 176 Å². The molecule has 0 aliphatic carbocycles. The number of hydrogen-bond acceptors (Lipinski definition) is 1. The number of hydrogen-bond donors (Lipinski definition) is 0. The molecular weight excluding hydrogens is 736 g/mol. The molecule has 5 heteroatoms. The summed E-state index contributed by atoms with van der Waals surface area (Å²) in [5.41, 5.74) is 0. The van der Waals surface area contributed by atoms with Crippen molar-refractivity contribution >= 4 is 61.2 Å². The first kappa shape index (κ1) is 22.8. The Hall–Kier alpha value is -0.220. The van der Waals surface area contributed by atoms with Gasteiger partial charge in [0, 0.05) is 0 Å². The molecule has 0 spiro atoms. The van der Waals surface area contributed by atoms with E-state index < -0.39 is 4.25 Å². The molecule has 25 heavy (non-hydrogen) atoms. The summed E-state index contributed by atoms with van der Waals surface area (Å²) < 4.78 is -2.65. The number of benzene rings is 3. The van der Waals surface area contributed by atoms with Crippen molar-refractivity contribution in [1.82, 2.24) is 0 Å². The maximum absolute atomic E-state index is 6.25. The van der Waals surface area contributed by atoms with Gasteiger partial charge in [-0.1, -0.05) is 0 Å². The Balaban J connectivity index is 0.000000730. The molecule has 0 amide bonds. The maximum atomic E-state index is 6.25. The van der Waals surface area contributed by atoms with Gasteiger partial charge < -0.3 is 11.8 Å². The molecule has 3 rings (SSSR count). The van der Waals surface area contributed by atoms with E-state index in [1.54, 1.807) is 0 Å². The minimum absolute atomic E-state index is 1.31. The molecule has 0 bridgehead atoms. The van der Waals surface area contributed by atoms with Crippen LogP contribution in [0.2, 0.25) is 0 Å². The second-order valence-electron chi connectivity index (χ2n) is 5.19. The molecule has 3 aromatic carbocycles. The van der Waals surface area contributed by atoms with Gasteiger partial charge in [0.15, 0.2) is 0 Å². The summed E-state index contributed by atoms with van der Waals surface area (Å²) in [6.45, 7) is 9.58. The van der Waals surface area contributed by atoms with Crippen molar-refractivity contribution in [2.45, 2.75) is 0 Å². The Labute approximate surface area is 186 Å². The standard InChI is InChI=1S/C19H17IP.CN.Au.HI/c1-21(20,17-11-5-2-6-12-17,18-13-7-3-8-14-18)19-15-9-4-10-16-19;1-2;;/h2-16H,1H2;;;1H/q2*-1;+1;/p-1. The molecule has 0 fully saturated rings. The molecule has 0 saturated heterocycles. The van der Waals surface area contributed by atoms with E-state index in [1.807, 2.05) is 0 Å². The molecule has 0 aliphatic rings. The fraction of sp³-hybridized carbons (Fsp3) is 0. The van der Waals surface area contributed by atoms with E-state index in [0.717, 1.165) is 0 Å². The van der Waals surface area contributed by atoms with Gasteiger partial charge in [-0.25, -0.2) is 0 Å². The quantitative estimate of drug-likeness (QED) is 0.147. The molecule has 0 aromatic heterocycles. The summed E-state index contributed by atoms with van der Waals surface area (Å²) >= 11 is 6.97. The van der Waals surface area contributed by atoms with Crippen molar-refractivity contribution in [3.63, 3.8) is 0 Å². The van der Waals surface area contributed by atoms with Crippen molar-refractivity contribution in [2.24, 2.45) is 0 Å². The summed E-state index contributed by atoms with van der Waals surface area (Å²) in [7, 11) is 0. The van der Waals surface area contributed by atoms with Crippen LogP contribution in [0.3, 0.4) is 0 Å². The van der Waals surface area contributed by atoms with Crippen molar-refractivity contribution in [1.29, 1.82) is 5.26 Å². The van der Waals surface area contributed by atoms with Crippen molar-refractivity contribution in [3.05, 3.63) is 104 Å². The van der Waals surface area contributed by atoms with Crippen molar-refractivity contribution < 1.29 is 17.3 Å². The normalized spacial score (nSPS) is 11.6. The van der Waals surface area contributed by atoms with Crippen LogP contribution in [0.4, 0.5) is 0 Å². The van der Waals surface area contributed by atoms with Crippen LogP contribution in [0.1, 0.15) is 0 Å². The van der Waals surface area contributed by atoms with Crippen LogP contribution in [0.15, 0.2) is 91.0 Å². The number of nitrogens with zero attached hydrogens (tertiary/aromatic N) is 1. The van der Waals surface area contributed by atoms with Gasteiger partial charge in [-0.2, -0.15) is 0 Å². The van der Waals surface area contributed by atoms with E-state index >= 15 is 0 Å². The van der Waals surface area contributed by atoms with E-state index in [9.17, 15) is 0 Å². The first-order valence-corrected chi connectivity index (χ1v) is 18.6. The Morgan fingerprint density at radius 1 is 0.640 bits per heavy atom. The van der Waals surface area contributed by atoms with Crippen LogP contribution in [0, 0.1) is 18.5 Å². The zero-order chi connectivity index (χ0) is 18.8. The Bertz CT molecular complexity index is 674. The summed E-state index contributed by atoms with van der Waals surface area (Å²) in [5.74, 6) is 0. The third-order valence-electron chi connectivity index (χ3n) is 3.88. The van der Waals surface area contributed by atoms with Gasteiger partial charge in [-0.3, -0.25) is 0 Å². The van der Waals surface area contributed by atoms with Gasteiger partial charge in [0.1, 0.15) is 0 Å². The van der Waals surface area contributed by atoms with Gasteiger partial charge in [0.25, 0.3) is 0 Å². The molecule has 0 heterocycles. The van der Waals surface area contributed by atoms with Crippen molar-refractivity contribution in [2.75, 3.05) is 0 Å². The third-order valence-corrected chi connectivity index (χ3v) is 13.0. The van der Waals surface area contributed by atoms with Gasteiger partial charge in [0.2, 0.25) is 0 Å². The van der Waals surface area contributed by atoms with Gasteiger partial charge in [-0.15, -0.1) is 0 Å². The molecule has 0 aliphatic heterocycles. The van der Waals surface area contributed by atoms with Gasteiger partial charge in [-0.05, 0) is 0 Å². The second kappa shape index (κ2) is 10.8. The summed E-state index contributed by atoms with van der Waals surface area (Å²) in [6, 6.07) is 32.0. The predicted octanol–water partition coefficient (Wildman–Crippen LogP) is 5.64. The van der Waals surface area contributed by atoms with Crippen LogP contribution in [0.5, 0.6) is 0 Å². The Morgan fingerprint density at radius 3 is 1.04 bits per heavy atom. The van der Waals surface area contributed by atoms with E-state index in [1.165, 1.54) is 15.9 Å². The SMILES string of the molecule is [C-]#N.[CH2-]P(I)(c1ccccc1)(c1ccccc1)c1ccccc1.[I][Au]. The van der Waals surface area contributed by atoms with E-state index in [4.69, 9.17) is 18.5 Å². The number of rotatable bonds is 3. The summed E-state index contributed by atoms with van der Waals surface area (Å²) in [6.07, 6.45) is 0. The molecular formula is C20H17AuI2NP-2. The molecule has 0 unspecified atom stereocenters. The third kappa shape index (κ3) is 4.94. The van der Waals surface area contributed by atoms with Gasteiger partial charge in [0.05, 0.1) is 0 Å². The zero-order valence-electron chi connectivity index (χ0n) is 13.3. The molecule has 3 aromatic rings. The van der Waals surface area contributed by atoms with E-state index in [-0.39, 0.29) is 0 Å². The second-order valence-corrected chi connectivity index (χ2v) is 15.5. The first-order valence-electron chi connectivity index (χ1n) is 7.23. The minimum atomic E-state index is -2.65. The fourth-order valence-electron chi connectivity index (χ4n) is 2.66. The molecule has 1 nitrogen and oxygen atoms in total. The first-order chi connectivity index (χ1) is 12.1. The molecule has 0 saturated carbocycles. The Morgan fingerprint density at radius 2 is 0.840 bits per heavy atom. The van der Waals surface area contributed by atoms with E-state index in [2.05, 4.69) is 149 Å². The van der Waals surface area contributed by atoms with E-state index in [0.29, 0.717) is 0 Å². The number of halogens is 2. The molecule has 0 N–H and O–H groups in total. The summed E-state index contributed by atoms with van der Waals surface area (Å²) in [5, 5.41) is 10.2. The average molecular weight is 753 g/mol. The molecule has 0 atom stereocenters. The molecule has 0 radical (unpaired) electrons. The monoisotopic (exact) mass is 753 g/mol. The van der Waals surface area contributed by atoms with Crippen molar-refractivity contribution in [3.8, 4) is 0 Å². The molecule has 134 valence electrons. The van der Waals surface area contributed by atoms with Crippen LogP contribution in [0.25, 0.3) is 0 Å². The zero-order valence-corrected chi connectivity index (χ0v) is 20.7. The average Bonchev–Trinajstić information content (AvgIpc) is 2.73. The van der Waals surface area contributed by atoms with Crippen LogP contribution in [-0.4, -0.2) is 0 Å². The van der Waals surface area contributed by atoms with Crippen LogP contribution >= 0.6 is 45.3 Å². The van der Waals surface area contributed by atoms with Crippen LogP contribution < -0.4 is 15.9 Å².